The van der Waals surface area contributed by atoms with Crippen molar-refractivity contribution in [3.05, 3.63) is 0 Å². The maximum Gasteiger partial charge on any atom is 0.305 e. The maximum atomic E-state index is 12.4. The van der Waals surface area contributed by atoms with Crippen LogP contribution >= 0.6 is 0 Å². The summed E-state index contributed by atoms with van der Waals surface area (Å²) in [4.78, 5) is 27.0. The van der Waals surface area contributed by atoms with Crippen LogP contribution in [0.2, 0.25) is 0 Å². The van der Waals surface area contributed by atoms with Gasteiger partial charge in [0.15, 0.2) is 0 Å². The zero-order valence-electron chi connectivity index (χ0n) is 11.6. The van der Waals surface area contributed by atoms with Gasteiger partial charge in [0.2, 0.25) is 5.91 Å². The monoisotopic (exact) mass is 256 g/mol. The number of nitrogens with zero attached hydrogens (tertiary/aromatic N) is 2. The first-order chi connectivity index (χ1) is 8.47. The molecule has 104 valence electrons. The highest BCUT2D eigenvalue weighted by molar-refractivity contribution is 5.86. The molecule has 1 N–H and O–H groups in total. The van der Waals surface area contributed by atoms with Crippen LogP contribution < -0.4 is 0 Å². The van der Waals surface area contributed by atoms with Crippen LogP contribution in [0.15, 0.2) is 0 Å². The summed E-state index contributed by atoms with van der Waals surface area (Å²) in [6, 6.07) is -0.311. The summed E-state index contributed by atoms with van der Waals surface area (Å²) in [6.07, 6.45) is 2.81. The van der Waals surface area contributed by atoms with Crippen molar-refractivity contribution in [2.24, 2.45) is 0 Å². The second kappa shape index (κ2) is 6.73. The van der Waals surface area contributed by atoms with Crippen LogP contribution in [0, 0.1) is 0 Å². The van der Waals surface area contributed by atoms with Gasteiger partial charge in [0, 0.05) is 19.1 Å². The number of aliphatic carboxylic acids is 1. The Balaban J connectivity index is 2.82. The molecule has 5 nitrogen and oxygen atoms in total. The Kier molecular flexibility index (Phi) is 5.59. The molecule has 1 heterocycles. The Bertz CT molecular complexity index is 307. The fourth-order valence-corrected chi connectivity index (χ4v) is 2.37. The molecule has 0 aromatic carbocycles. The molecule has 0 bridgehead atoms. The zero-order valence-corrected chi connectivity index (χ0v) is 11.6. The maximum absolute atomic E-state index is 12.4. The minimum absolute atomic E-state index is 0.0293. The van der Waals surface area contributed by atoms with E-state index in [-0.39, 0.29) is 18.4 Å². The van der Waals surface area contributed by atoms with Crippen LogP contribution in [-0.4, -0.2) is 59.0 Å². The molecule has 2 unspecified atom stereocenters. The number of carboxylic acid groups (broad SMARTS) is 1. The molecule has 0 aromatic heterocycles. The van der Waals surface area contributed by atoms with Crippen molar-refractivity contribution in [1.82, 2.24) is 9.80 Å². The molecule has 1 aliphatic heterocycles. The number of carbonyl (C=O) groups is 2. The fraction of sp³-hybridized carbons (Fsp3) is 0.846. The molecule has 1 amide bonds. The van der Waals surface area contributed by atoms with Crippen molar-refractivity contribution in [3.63, 3.8) is 0 Å². The van der Waals surface area contributed by atoms with Crippen molar-refractivity contribution >= 4 is 11.9 Å². The van der Waals surface area contributed by atoms with Crippen molar-refractivity contribution in [1.29, 1.82) is 0 Å². The molecule has 2 atom stereocenters. The molecule has 0 aromatic rings. The number of unbranched alkanes of at least 4 members (excludes halogenated alkanes) is 1. The molecule has 1 rings (SSSR count). The highest BCUT2D eigenvalue weighted by Crippen LogP contribution is 2.18. The topological polar surface area (TPSA) is 60.9 Å². The Morgan fingerprint density at radius 1 is 1.50 bits per heavy atom. The van der Waals surface area contributed by atoms with E-state index in [0.717, 1.165) is 32.4 Å². The quantitative estimate of drug-likeness (QED) is 0.802. The molecule has 0 spiro atoms. The highest BCUT2D eigenvalue weighted by Gasteiger charge is 2.34. The Morgan fingerprint density at radius 2 is 2.17 bits per heavy atom. The first-order valence-corrected chi connectivity index (χ1v) is 6.69. The van der Waals surface area contributed by atoms with Gasteiger partial charge in [0.25, 0.3) is 0 Å². The number of carbonyl (C=O) groups excluding carboxylic acids is 1. The second-order valence-corrected chi connectivity index (χ2v) is 5.12. The van der Waals surface area contributed by atoms with E-state index in [1.807, 2.05) is 23.8 Å². The zero-order chi connectivity index (χ0) is 13.7. The lowest BCUT2D eigenvalue weighted by Gasteiger charge is -2.30. The number of amides is 1. The van der Waals surface area contributed by atoms with Gasteiger partial charge in [0.1, 0.15) is 0 Å². The van der Waals surface area contributed by atoms with Gasteiger partial charge >= 0.3 is 5.97 Å². The number of carboxylic acids is 1. The minimum atomic E-state index is -0.912. The summed E-state index contributed by atoms with van der Waals surface area (Å²) in [6.45, 7) is 5.65. The molecule has 5 heteroatoms. The van der Waals surface area contributed by atoms with Gasteiger partial charge in [-0.3, -0.25) is 14.5 Å². The Morgan fingerprint density at radius 3 is 2.72 bits per heavy atom. The minimum Gasteiger partial charge on any atom is -0.481 e. The lowest BCUT2D eigenvalue weighted by atomic mass is 10.1. The van der Waals surface area contributed by atoms with Gasteiger partial charge in [-0.1, -0.05) is 13.3 Å². The van der Waals surface area contributed by atoms with E-state index in [4.69, 9.17) is 5.11 Å². The van der Waals surface area contributed by atoms with E-state index in [0.29, 0.717) is 0 Å². The smallest absolute Gasteiger partial charge is 0.305 e. The summed E-state index contributed by atoms with van der Waals surface area (Å²) in [5.41, 5.74) is 0. The normalized spacial score (nSPS) is 26.2. The number of hydrogen-bond acceptors (Lipinski definition) is 3. The van der Waals surface area contributed by atoms with Crippen LogP contribution in [0.4, 0.5) is 0 Å². The molecule has 0 aliphatic carbocycles. The third-order valence-electron chi connectivity index (χ3n) is 3.65. The molecular weight excluding hydrogens is 232 g/mol. The fourth-order valence-electron chi connectivity index (χ4n) is 2.37. The molecule has 0 saturated carbocycles. The van der Waals surface area contributed by atoms with Gasteiger partial charge in [-0.15, -0.1) is 0 Å². The van der Waals surface area contributed by atoms with Crippen molar-refractivity contribution in [2.45, 2.75) is 51.6 Å². The van der Waals surface area contributed by atoms with E-state index in [1.54, 1.807) is 0 Å². The van der Waals surface area contributed by atoms with E-state index >= 15 is 0 Å². The van der Waals surface area contributed by atoms with Crippen molar-refractivity contribution in [2.75, 3.05) is 20.1 Å². The number of hydrogen-bond donors (Lipinski definition) is 1. The lowest BCUT2D eigenvalue weighted by molar-refractivity contribution is -0.145. The lowest BCUT2D eigenvalue weighted by Crippen LogP contribution is -2.47. The standard InChI is InChI=1S/C13H24N2O3/c1-4-5-7-15-10(2)6-8-14(3)11(13(15)18)9-12(16)17/h10-11H,4-9H2,1-3H3,(H,16,17). The largest absolute Gasteiger partial charge is 0.481 e. The van der Waals surface area contributed by atoms with Crippen LogP contribution in [0.1, 0.15) is 39.5 Å². The first kappa shape index (κ1) is 15.0. The van der Waals surface area contributed by atoms with Gasteiger partial charge in [0.05, 0.1) is 12.5 Å². The van der Waals surface area contributed by atoms with Crippen LogP contribution in [0.3, 0.4) is 0 Å². The number of likely N-dealkylation sites (N-methyl/N-ethyl adjacent to an activating group) is 1. The third-order valence-corrected chi connectivity index (χ3v) is 3.65. The van der Waals surface area contributed by atoms with Crippen LogP contribution in [0.5, 0.6) is 0 Å². The van der Waals surface area contributed by atoms with Crippen LogP contribution in [0.25, 0.3) is 0 Å². The first-order valence-electron chi connectivity index (χ1n) is 6.69. The molecule has 18 heavy (non-hydrogen) atoms. The second-order valence-electron chi connectivity index (χ2n) is 5.12. The summed E-state index contributed by atoms with van der Waals surface area (Å²) in [5.74, 6) is -0.941. The Labute approximate surface area is 109 Å². The highest BCUT2D eigenvalue weighted by atomic mass is 16.4. The van der Waals surface area contributed by atoms with E-state index in [2.05, 4.69) is 6.92 Å². The summed E-state index contributed by atoms with van der Waals surface area (Å²) < 4.78 is 0. The molecule has 1 saturated heterocycles. The van der Waals surface area contributed by atoms with Gasteiger partial charge in [-0.05, 0) is 26.8 Å². The van der Waals surface area contributed by atoms with Crippen LogP contribution in [-0.2, 0) is 9.59 Å². The predicted molar refractivity (Wildman–Crippen MR) is 69.4 cm³/mol. The SMILES string of the molecule is CCCCN1C(=O)C(CC(=O)O)N(C)CCC1C. The van der Waals surface area contributed by atoms with Gasteiger partial charge in [-0.25, -0.2) is 0 Å². The number of rotatable bonds is 5. The van der Waals surface area contributed by atoms with E-state index in [1.165, 1.54) is 0 Å². The summed E-state index contributed by atoms with van der Waals surface area (Å²) >= 11 is 0. The summed E-state index contributed by atoms with van der Waals surface area (Å²) in [7, 11) is 1.83. The third kappa shape index (κ3) is 3.70. The molecule has 1 fully saturated rings. The molecular formula is C13H24N2O3. The average molecular weight is 256 g/mol. The van der Waals surface area contributed by atoms with E-state index in [9.17, 15) is 9.59 Å². The van der Waals surface area contributed by atoms with Crippen molar-refractivity contribution in [3.8, 4) is 0 Å². The van der Waals surface area contributed by atoms with Gasteiger partial charge in [-0.2, -0.15) is 0 Å². The van der Waals surface area contributed by atoms with E-state index < -0.39 is 12.0 Å². The van der Waals surface area contributed by atoms with Crippen molar-refractivity contribution < 1.29 is 14.7 Å². The predicted octanol–water partition coefficient (Wildman–Crippen LogP) is 1.18. The average Bonchev–Trinajstić information content (AvgIpc) is 2.40. The molecule has 1 aliphatic rings. The summed E-state index contributed by atoms with van der Waals surface area (Å²) in [5, 5.41) is 8.92. The molecule has 0 radical (unpaired) electrons. The Hall–Kier alpha value is -1.10. The van der Waals surface area contributed by atoms with Gasteiger partial charge < -0.3 is 10.0 Å².